The van der Waals surface area contributed by atoms with E-state index in [2.05, 4.69) is 27.8 Å². The van der Waals surface area contributed by atoms with Crippen molar-refractivity contribution in [3.63, 3.8) is 0 Å². The van der Waals surface area contributed by atoms with E-state index in [1.165, 1.54) is 5.56 Å². The maximum atomic E-state index is 11.8. The molecule has 1 heterocycles. The molecule has 118 valence electrons. The molecule has 2 amide bonds. The Morgan fingerprint density at radius 1 is 1.36 bits per heavy atom. The summed E-state index contributed by atoms with van der Waals surface area (Å²) in [7, 11) is 0. The molecule has 0 fully saturated rings. The summed E-state index contributed by atoms with van der Waals surface area (Å²) in [5.74, 6) is 0.800. The van der Waals surface area contributed by atoms with Crippen LogP contribution in [0.1, 0.15) is 24.7 Å². The SMILES string of the molecule is C[C@H](CCO)NC(=O)NCc1nccn1Cc1ccccc1. The monoisotopic (exact) mass is 302 g/mol. The molecule has 0 aliphatic carbocycles. The predicted molar refractivity (Wildman–Crippen MR) is 84.3 cm³/mol. The smallest absolute Gasteiger partial charge is 0.315 e. The second-order valence-corrected chi connectivity index (χ2v) is 5.20. The van der Waals surface area contributed by atoms with Crippen LogP contribution in [0.3, 0.4) is 0 Å². The maximum Gasteiger partial charge on any atom is 0.315 e. The van der Waals surface area contributed by atoms with Crippen molar-refractivity contribution in [2.75, 3.05) is 6.61 Å². The Morgan fingerprint density at radius 2 is 2.14 bits per heavy atom. The predicted octanol–water partition coefficient (Wildman–Crippen LogP) is 1.50. The third-order valence-corrected chi connectivity index (χ3v) is 3.34. The van der Waals surface area contributed by atoms with Gasteiger partial charge in [-0.3, -0.25) is 0 Å². The largest absolute Gasteiger partial charge is 0.396 e. The molecule has 22 heavy (non-hydrogen) atoms. The highest BCUT2D eigenvalue weighted by molar-refractivity contribution is 5.74. The van der Waals surface area contributed by atoms with Crippen LogP contribution in [0, 0.1) is 0 Å². The van der Waals surface area contributed by atoms with Crippen LogP contribution in [0.4, 0.5) is 4.79 Å². The van der Waals surface area contributed by atoms with Crippen molar-refractivity contribution in [3.8, 4) is 0 Å². The van der Waals surface area contributed by atoms with Crippen molar-refractivity contribution < 1.29 is 9.90 Å². The lowest BCUT2D eigenvalue weighted by atomic mass is 10.2. The zero-order chi connectivity index (χ0) is 15.8. The number of imidazole rings is 1. The molecule has 1 aromatic heterocycles. The van der Waals surface area contributed by atoms with Crippen LogP contribution >= 0.6 is 0 Å². The molecule has 1 aromatic carbocycles. The van der Waals surface area contributed by atoms with Gasteiger partial charge in [-0.15, -0.1) is 0 Å². The van der Waals surface area contributed by atoms with E-state index >= 15 is 0 Å². The fourth-order valence-corrected chi connectivity index (χ4v) is 2.13. The summed E-state index contributed by atoms with van der Waals surface area (Å²) in [6, 6.07) is 9.78. The first-order chi connectivity index (χ1) is 10.7. The van der Waals surface area contributed by atoms with Gasteiger partial charge in [0, 0.05) is 31.6 Å². The number of rotatable bonds is 7. The quantitative estimate of drug-likeness (QED) is 0.725. The van der Waals surface area contributed by atoms with E-state index in [9.17, 15) is 4.79 Å². The van der Waals surface area contributed by atoms with E-state index in [0.29, 0.717) is 13.0 Å². The molecule has 0 bridgehead atoms. The first-order valence-corrected chi connectivity index (χ1v) is 7.38. The minimum absolute atomic E-state index is 0.0585. The fourth-order valence-electron chi connectivity index (χ4n) is 2.13. The minimum Gasteiger partial charge on any atom is -0.396 e. The third kappa shape index (κ3) is 4.89. The number of carbonyl (C=O) groups excluding carboxylic acids is 1. The van der Waals surface area contributed by atoms with Crippen LogP contribution in [-0.4, -0.2) is 33.3 Å². The van der Waals surface area contributed by atoms with Crippen molar-refractivity contribution >= 4 is 6.03 Å². The van der Waals surface area contributed by atoms with Crippen LogP contribution in [0.2, 0.25) is 0 Å². The number of carbonyl (C=O) groups is 1. The molecule has 2 aromatic rings. The highest BCUT2D eigenvalue weighted by atomic mass is 16.3. The molecule has 6 heteroatoms. The Kier molecular flexibility index (Phi) is 5.97. The number of urea groups is 1. The van der Waals surface area contributed by atoms with Gasteiger partial charge in [-0.25, -0.2) is 9.78 Å². The van der Waals surface area contributed by atoms with Crippen LogP contribution in [0.15, 0.2) is 42.7 Å². The van der Waals surface area contributed by atoms with Crippen molar-refractivity contribution in [3.05, 3.63) is 54.1 Å². The minimum atomic E-state index is -0.254. The number of aromatic nitrogens is 2. The lowest BCUT2D eigenvalue weighted by Gasteiger charge is -2.14. The average molecular weight is 302 g/mol. The van der Waals surface area contributed by atoms with Gasteiger partial charge >= 0.3 is 6.03 Å². The molecule has 3 N–H and O–H groups in total. The molecule has 2 rings (SSSR count). The average Bonchev–Trinajstić information content (AvgIpc) is 2.93. The Bertz CT molecular complexity index is 583. The van der Waals surface area contributed by atoms with E-state index in [4.69, 9.17) is 5.11 Å². The summed E-state index contributed by atoms with van der Waals surface area (Å²) in [5.41, 5.74) is 1.18. The Labute approximate surface area is 130 Å². The van der Waals surface area contributed by atoms with Crippen LogP contribution in [0.5, 0.6) is 0 Å². The normalized spacial score (nSPS) is 11.9. The molecule has 0 saturated heterocycles. The highest BCUT2D eigenvalue weighted by Gasteiger charge is 2.08. The van der Waals surface area contributed by atoms with Crippen LogP contribution in [0.25, 0.3) is 0 Å². The molecule has 0 saturated carbocycles. The molecule has 0 unspecified atom stereocenters. The number of benzene rings is 1. The second-order valence-electron chi connectivity index (χ2n) is 5.20. The Balaban J connectivity index is 1.86. The van der Waals surface area contributed by atoms with Crippen molar-refractivity contribution in [1.29, 1.82) is 0 Å². The van der Waals surface area contributed by atoms with Gasteiger partial charge in [0.25, 0.3) is 0 Å². The van der Waals surface area contributed by atoms with Crippen molar-refractivity contribution in [1.82, 2.24) is 20.2 Å². The lowest BCUT2D eigenvalue weighted by Crippen LogP contribution is -2.41. The molecule has 0 aliphatic heterocycles. The number of nitrogens with zero attached hydrogens (tertiary/aromatic N) is 2. The third-order valence-electron chi connectivity index (χ3n) is 3.34. The summed E-state index contributed by atoms with van der Waals surface area (Å²) in [5, 5.41) is 14.4. The molecule has 6 nitrogen and oxygen atoms in total. The van der Waals surface area contributed by atoms with Gasteiger partial charge in [0.1, 0.15) is 5.82 Å². The van der Waals surface area contributed by atoms with Crippen LogP contribution in [-0.2, 0) is 13.1 Å². The number of aliphatic hydroxyl groups is 1. The summed E-state index contributed by atoms with van der Waals surface area (Å²) in [4.78, 5) is 16.0. The van der Waals surface area contributed by atoms with Gasteiger partial charge in [-0.1, -0.05) is 30.3 Å². The molecule has 0 spiro atoms. The van der Waals surface area contributed by atoms with E-state index in [0.717, 1.165) is 12.4 Å². The van der Waals surface area contributed by atoms with Crippen LogP contribution < -0.4 is 10.6 Å². The molecule has 0 radical (unpaired) electrons. The van der Waals surface area contributed by atoms with Gasteiger partial charge in [0.2, 0.25) is 0 Å². The van der Waals surface area contributed by atoms with Gasteiger partial charge in [-0.2, -0.15) is 0 Å². The zero-order valence-electron chi connectivity index (χ0n) is 12.7. The van der Waals surface area contributed by atoms with E-state index in [-0.39, 0.29) is 18.7 Å². The van der Waals surface area contributed by atoms with E-state index in [1.807, 2.05) is 35.9 Å². The second kappa shape index (κ2) is 8.19. The van der Waals surface area contributed by atoms with Crippen molar-refractivity contribution in [2.45, 2.75) is 32.5 Å². The standard InChI is InChI=1S/C16H22N4O2/c1-13(7-10-21)19-16(22)18-11-15-17-8-9-20(15)12-14-5-3-2-4-6-14/h2-6,8-9,13,21H,7,10-12H2,1H3,(H2,18,19,22)/t13-/m1/s1. The number of hydrogen-bond donors (Lipinski definition) is 3. The molecule has 1 atom stereocenters. The van der Waals surface area contributed by atoms with Gasteiger partial charge in [0.15, 0.2) is 0 Å². The van der Waals surface area contributed by atoms with Crippen molar-refractivity contribution in [2.24, 2.45) is 0 Å². The lowest BCUT2D eigenvalue weighted by molar-refractivity contribution is 0.230. The number of aliphatic hydroxyl groups excluding tert-OH is 1. The number of amides is 2. The Morgan fingerprint density at radius 3 is 2.86 bits per heavy atom. The van der Waals surface area contributed by atoms with E-state index < -0.39 is 0 Å². The summed E-state index contributed by atoms with van der Waals surface area (Å²) in [6.45, 7) is 2.99. The Hall–Kier alpha value is -2.34. The molecule has 0 aliphatic rings. The van der Waals surface area contributed by atoms with Gasteiger partial charge in [0.05, 0.1) is 6.54 Å². The zero-order valence-corrected chi connectivity index (χ0v) is 12.7. The van der Waals surface area contributed by atoms with Gasteiger partial charge in [-0.05, 0) is 18.9 Å². The number of nitrogens with one attached hydrogen (secondary N) is 2. The summed E-state index contributed by atoms with van der Waals surface area (Å²) in [6.07, 6.45) is 4.17. The topological polar surface area (TPSA) is 79.2 Å². The summed E-state index contributed by atoms with van der Waals surface area (Å²) >= 11 is 0. The fraction of sp³-hybridized carbons (Fsp3) is 0.375. The van der Waals surface area contributed by atoms with E-state index in [1.54, 1.807) is 6.20 Å². The first kappa shape index (κ1) is 16.0. The summed E-state index contributed by atoms with van der Waals surface area (Å²) < 4.78 is 2.01. The maximum absolute atomic E-state index is 11.8. The molecular weight excluding hydrogens is 280 g/mol. The molecular formula is C16H22N4O2. The highest BCUT2D eigenvalue weighted by Crippen LogP contribution is 2.05. The number of hydrogen-bond acceptors (Lipinski definition) is 3. The van der Waals surface area contributed by atoms with Gasteiger partial charge < -0.3 is 20.3 Å². The first-order valence-electron chi connectivity index (χ1n) is 7.38.